The molecular weight excluding hydrogens is 306 g/mol. The van der Waals surface area contributed by atoms with Crippen molar-refractivity contribution in [1.29, 1.82) is 0 Å². The fourth-order valence-electron chi connectivity index (χ4n) is 1.99. The molecule has 0 atom stereocenters. The number of aromatic nitrogens is 2. The van der Waals surface area contributed by atoms with Gasteiger partial charge in [-0.3, -0.25) is 4.79 Å². The van der Waals surface area contributed by atoms with Gasteiger partial charge in [-0.25, -0.2) is 4.98 Å². The van der Waals surface area contributed by atoms with Gasteiger partial charge in [0.25, 0.3) is 5.56 Å². The number of aryl methyl sites for hydroxylation is 2. The largest absolute Gasteiger partial charge is 0.339 e. The number of benzene rings is 1. The summed E-state index contributed by atoms with van der Waals surface area (Å²) in [6.45, 7) is 4.22. The molecule has 0 radical (unpaired) electrons. The molecule has 4 nitrogen and oxygen atoms in total. The van der Waals surface area contributed by atoms with Crippen LogP contribution in [0.25, 0.3) is 0 Å². The average Bonchev–Trinajstić information content (AvgIpc) is 2.44. The lowest BCUT2D eigenvalue weighted by Crippen LogP contribution is -2.11. The van der Waals surface area contributed by atoms with Crippen LogP contribution in [0.1, 0.15) is 25.0 Å². The molecule has 2 N–H and O–H groups in total. The number of H-pyrrole nitrogens is 1. The minimum absolute atomic E-state index is 0.190. The zero-order chi connectivity index (χ0) is 13.8. The highest BCUT2D eigenvalue weighted by Gasteiger charge is 2.10. The molecule has 1 heterocycles. The molecule has 100 valence electrons. The molecule has 0 aliphatic rings. The predicted octanol–water partition coefficient (Wildman–Crippen LogP) is 3.40. The van der Waals surface area contributed by atoms with Gasteiger partial charge in [0.15, 0.2) is 5.82 Å². The number of halogens is 1. The molecule has 0 saturated carbocycles. The summed E-state index contributed by atoms with van der Waals surface area (Å²) in [6.07, 6.45) is 3.25. The summed E-state index contributed by atoms with van der Waals surface area (Å²) in [6, 6.07) is 6.23. The molecule has 1 aromatic heterocycles. The Morgan fingerprint density at radius 1 is 1.26 bits per heavy atom. The monoisotopic (exact) mass is 321 g/mol. The molecule has 0 spiro atoms. The number of hydrogen-bond acceptors (Lipinski definition) is 3. The standard InChI is InChI=1S/C14H16BrN3O/c1-3-9-6-5-7-10(4-2)12(9)18-13-11(15)14(19)17-8-16-13/h5-8H,3-4H2,1-2H3,(H2,16,17,18,19). The molecule has 0 unspecified atom stereocenters. The van der Waals surface area contributed by atoms with Gasteiger partial charge in [0.2, 0.25) is 0 Å². The normalized spacial score (nSPS) is 10.5. The molecular formula is C14H16BrN3O. The van der Waals surface area contributed by atoms with Crippen LogP contribution >= 0.6 is 15.9 Å². The van der Waals surface area contributed by atoms with Crippen molar-refractivity contribution in [3.05, 3.63) is 50.5 Å². The van der Waals surface area contributed by atoms with Crippen LogP contribution < -0.4 is 10.9 Å². The molecule has 2 aromatic rings. The Bertz CT molecular complexity index is 615. The predicted molar refractivity (Wildman–Crippen MR) is 81.0 cm³/mol. The lowest BCUT2D eigenvalue weighted by Gasteiger charge is -2.15. The van der Waals surface area contributed by atoms with Crippen LogP contribution in [0.15, 0.2) is 33.8 Å². The SMILES string of the molecule is CCc1cccc(CC)c1Nc1nc[nH]c(=O)c1Br. The van der Waals surface area contributed by atoms with E-state index in [1.807, 2.05) is 0 Å². The fraction of sp³-hybridized carbons (Fsp3) is 0.286. The van der Waals surface area contributed by atoms with Crippen LogP contribution in [-0.2, 0) is 12.8 Å². The fourth-order valence-corrected chi connectivity index (χ4v) is 2.31. The van der Waals surface area contributed by atoms with E-state index in [1.165, 1.54) is 17.5 Å². The quantitative estimate of drug-likeness (QED) is 0.907. The summed E-state index contributed by atoms with van der Waals surface area (Å²) in [4.78, 5) is 18.3. The van der Waals surface area contributed by atoms with E-state index in [2.05, 4.69) is 63.3 Å². The van der Waals surface area contributed by atoms with Gasteiger partial charge in [0.1, 0.15) is 4.47 Å². The maximum Gasteiger partial charge on any atom is 0.267 e. The van der Waals surface area contributed by atoms with Gasteiger partial charge in [-0.2, -0.15) is 0 Å². The molecule has 0 bridgehead atoms. The summed E-state index contributed by atoms with van der Waals surface area (Å²) in [5.74, 6) is 0.541. The van der Waals surface area contributed by atoms with Gasteiger partial charge < -0.3 is 10.3 Å². The summed E-state index contributed by atoms with van der Waals surface area (Å²) < 4.78 is 0.419. The van der Waals surface area contributed by atoms with Crippen LogP contribution in [0.4, 0.5) is 11.5 Å². The first-order chi connectivity index (χ1) is 9.17. The Kier molecular flexibility index (Phi) is 4.37. The van der Waals surface area contributed by atoms with E-state index in [9.17, 15) is 4.79 Å². The highest BCUT2D eigenvalue weighted by molar-refractivity contribution is 9.10. The minimum Gasteiger partial charge on any atom is -0.339 e. The van der Waals surface area contributed by atoms with Gasteiger partial charge in [0.05, 0.1) is 6.33 Å². The Morgan fingerprint density at radius 3 is 2.47 bits per heavy atom. The Morgan fingerprint density at radius 2 is 1.89 bits per heavy atom. The van der Waals surface area contributed by atoms with Crippen molar-refractivity contribution in [2.75, 3.05) is 5.32 Å². The zero-order valence-corrected chi connectivity index (χ0v) is 12.5. The van der Waals surface area contributed by atoms with Crippen molar-refractivity contribution in [2.45, 2.75) is 26.7 Å². The average molecular weight is 322 g/mol. The van der Waals surface area contributed by atoms with E-state index in [-0.39, 0.29) is 5.56 Å². The molecule has 1 aromatic carbocycles. The molecule has 19 heavy (non-hydrogen) atoms. The van der Waals surface area contributed by atoms with E-state index < -0.39 is 0 Å². The molecule has 0 aliphatic carbocycles. The van der Waals surface area contributed by atoms with Crippen molar-refractivity contribution in [1.82, 2.24) is 9.97 Å². The lowest BCUT2D eigenvalue weighted by atomic mass is 10.0. The number of hydrogen-bond donors (Lipinski definition) is 2. The number of anilines is 2. The van der Waals surface area contributed by atoms with E-state index >= 15 is 0 Å². The third-order valence-electron chi connectivity index (χ3n) is 3.04. The maximum atomic E-state index is 11.6. The topological polar surface area (TPSA) is 57.8 Å². The molecule has 0 aliphatic heterocycles. The number of nitrogens with zero attached hydrogens (tertiary/aromatic N) is 1. The lowest BCUT2D eigenvalue weighted by molar-refractivity contribution is 1.07. The highest BCUT2D eigenvalue weighted by Crippen LogP contribution is 2.27. The first kappa shape index (κ1) is 13.8. The molecule has 0 saturated heterocycles. The number of aromatic amines is 1. The molecule has 2 rings (SSSR count). The summed E-state index contributed by atoms with van der Waals surface area (Å²) in [7, 11) is 0. The van der Waals surface area contributed by atoms with Crippen molar-refractivity contribution in [3.8, 4) is 0 Å². The van der Waals surface area contributed by atoms with Crippen LogP contribution in [-0.4, -0.2) is 9.97 Å². The van der Waals surface area contributed by atoms with Crippen LogP contribution in [0, 0.1) is 0 Å². The van der Waals surface area contributed by atoms with Crippen LogP contribution in [0.3, 0.4) is 0 Å². The van der Waals surface area contributed by atoms with Crippen molar-refractivity contribution in [3.63, 3.8) is 0 Å². The summed E-state index contributed by atoms with van der Waals surface area (Å²) >= 11 is 3.26. The molecule has 0 fully saturated rings. The van der Waals surface area contributed by atoms with E-state index in [0.717, 1.165) is 18.5 Å². The van der Waals surface area contributed by atoms with E-state index in [0.29, 0.717) is 10.3 Å². The molecule has 0 amide bonds. The van der Waals surface area contributed by atoms with Crippen LogP contribution in [0.2, 0.25) is 0 Å². The highest BCUT2D eigenvalue weighted by atomic mass is 79.9. The second kappa shape index (κ2) is 6.02. The smallest absolute Gasteiger partial charge is 0.267 e. The van der Waals surface area contributed by atoms with Crippen molar-refractivity contribution in [2.24, 2.45) is 0 Å². The van der Waals surface area contributed by atoms with Gasteiger partial charge in [-0.1, -0.05) is 32.0 Å². The van der Waals surface area contributed by atoms with Crippen molar-refractivity contribution < 1.29 is 0 Å². The van der Waals surface area contributed by atoms with Crippen LogP contribution in [0.5, 0.6) is 0 Å². The first-order valence-corrected chi connectivity index (χ1v) is 7.07. The number of rotatable bonds is 4. The minimum atomic E-state index is -0.190. The van der Waals surface area contributed by atoms with Gasteiger partial charge >= 0.3 is 0 Å². The van der Waals surface area contributed by atoms with Crippen molar-refractivity contribution >= 4 is 27.4 Å². The zero-order valence-electron chi connectivity index (χ0n) is 11.0. The Hall–Kier alpha value is -1.62. The molecule has 5 heteroatoms. The van der Waals surface area contributed by atoms with E-state index in [1.54, 1.807) is 0 Å². The van der Waals surface area contributed by atoms with Gasteiger partial charge in [-0.15, -0.1) is 0 Å². The number of para-hydroxylation sites is 1. The Labute approximate surface area is 120 Å². The second-order valence-corrected chi connectivity index (χ2v) is 4.97. The number of nitrogens with one attached hydrogen (secondary N) is 2. The third-order valence-corrected chi connectivity index (χ3v) is 3.77. The maximum absolute atomic E-state index is 11.6. The third kappa shape index (κ3) is 2.87. The summed E-state index contributed by atoms with van der Waals surface area (Å²) in [5.41, 5.74) is 3.29. The first-order valence-electron chi connectivity index (χ1n) is 6.28. The second-order valence-electron chi connectivity index (χ2n) is 4.18. The van der Waals surface area contributed by atoms with Gasteiger partial charge in [0, 0.05) is 5.69 Å². The Balaban J connectivity index is 2.48. The van der Waals surface area contributed by atoms with E-state index in [4.69, 9.17) is 0 Å². The summed E-state index contributed by atoms with van der Waals surface area (Å²) in [5, 5.41) is 3.27. The van der Waals surface area contributed by atoms with Gasteiger partial charge in [-0.05, 0) is 39.9 Å².